The fourth-order valence-electron chi connectivity index (χ4n) is 3.31. The maximum atomic E-state index is 12.6. The van der Waals surface area contributed by atoms with Gasteiger partial charge in [0.15, 0.2) is 0 Å². The minimum Gasteiger partial charge on any atom is -0.465 e. The van der Waals surface area contributed by atoms with Crippen molar-refractivity contribution in [1.82, 2.24) is 9.78 Å². The molecule has 0 atom stereocenters. The maximum absolute atomic E-state index is 12.6. The molecule has 0 bridgehead atoms. The molecule has 1 aromatic heterocycles. The molecule has 0 radical (unpaired) electrons. The number of methoxy groups -OCH3 is 1. The largest absolute Gasteiger partial charge is 0.465 e. The fourth-order valence-corrected chi connectivity index (χ4v) is 3.31. The number of hydrogen-bond donors (Lipinski definition) is 0. The SMILES string of the molecule is COC(=O)c1cccc2c1CCCN2Cn1nc(C)c(C)c(C#N)c1=O. The van der Waals surface area contributed by atoms with Crippen molar-refractivity contribution < 1.29 is 9.53 Å². The molecule has 2 heterocycles. The van der Waals surface area contributed by atoms with E-state index in [2.05, 4.69) is 5.10 Å². The van der Waals surface area contributed by atoms with Gasteiger partial charge < -0.3 is 9.64 Å². The van der Waals surface area contributed by atoms with Crippen molar-refractivity contribution in [2.45, 2.75) is 33.4 Å². The number of rotatable bonds is 3. The van der Waals surface area contributed by atoms with Gasteiger partial charge in [0.1, 0.15) is 18.3 Å². The van der Waals surface area contributed by atoms with Crippen molar-refractivity contribution in [3.63, 3.8) is 0 Å². The summed E-state index contributed by atoms with van der Waals surface area (Å²) in [4.78, 5) is 26.6. The van der Waals surface area contributed by atoms with Crippen LogP contribution in [0.3, 0.4) is 0 Å². The van der Waals surface area contributed by atoms with Crippen molar-refractivity contribution in [2.75, 3.05) is 18.6 Å². The lowest BCUT2D eigenvalue weighted by molar-refractivity contribution is 0.0599. The van der Waals surface area contributed by atoms with Crippen molar-refractivity contribution in [3.05, 3.63) is 56.5 Å². The molecule has 0 unspecified atom stereocenters. The van der Waals surface area contributed by atoms with E-state index < -0.39 is 5.56 Å². The summed E-state index contributed by atoms with van der Waals surface area (Å²) in [6, 6.07) is 7.47. The number of fused-ring (bicyclic) bond motifs is 1. The number of aryl methyl sites for hydroxylation is 1. The summed E-state index contributed by atoms with van der Waals surface area (Å²) in [5.74, 6) is -0.364. The summed E-state index contributed by atoms with van der Waals surface area (Å²) in [6.45, 7) is 4.48. The maximum Gasteiger partial charge on any atom is 0.338 e. The number of carbonyl (C=O) groups is 1. The van der Waals surface area contributed by atoms with Gasteiger partial charge in [-0.15, -0.1) is 0 Å². The van der Waals surface area contributed by atoms with Gasteiger partial charge in [0, 0.05) is 12.2 Å². The molecule has 26 heavy (non-hydrogen) atoms. The quantitative estimate of drug-likeness (QED) is 0.784. The molecule has 0 aliphatic carbocycles. The molecule has 1 aliphatic heterocycles. The Morgan fingerprint density at radius 1 is 1.38 bits per heavy atom. The second kappa shape index (κ2) is 7.00. The number of carbonyl (C=O) groups excluding carboxylic acids is 1. The number of ether oxygens (including phenoxy) is 1. The van der Waals surface area contributed by atoms with E-state index >= 15 is 0 Å². The molecule has 7 heteroatoms. The number of nitriles is 1. The number of aromatic nitrogens is 2. The highest BCUT2D eigenvalue weighted by atomic mass is 16.5. The lowest BCUT2D eigenvalue weighted by atomic mass is 9.96. The zero-order valence-corrected chi connectivity index (χ0v) is 15.1. The Labute approximate surface area is 151 Å². The van der Waals surface area contributed by atoms with Crippen LogP contribution in [0, 0.1) is 25.2 Å². The van der Waals surface area contributed by atoms with Crippen LogP contribution in [-0.2, 0) is 17.8 Å². The lowest BCUT2D eigenvalue weighted by Crippen LogP contribution is -2.38. The zero-order chi connectivity index (χ0) is 18.8. The van der Waals surface area contributed by atoms with E-state index in [4.69, 9.17) is 4.74 Å². The predicted molar refractivity (Wildman–Crippen MR) is 96.1 cm³/mol. The first-order chi connectivity index (χ1) is 12.5. The Balaban J connectivity index is 2.03. The smallest absolute Gasteiger partial charge is 0.338 e. The third kappa shape index (κ3) is 2.94. The molecular weight excluding hydrogens is 332 g/mol. The van der Waals surface area contributed by atoms with Crippen LogP contribution < -0.4 is 10.5 Å². The topological polar surface area (TPSA) is 88.2 Å². The summed E-state index contributed by atoms with van der Waals surface area (Å²) < 4.78 is 6.19. The molecular formula is C19H20N4O3. The predicted octanol–water partition coefficient (Wildman–Crippen LogP) is 1.93. The van der Waals surface area contributed by atoms with Crippen LogP contribution >= 0.6 is 0 Å². The van der Waals surface area contributed by atoms with E-state index in [9.17, 15) is 14.9 Å². The van der Waals surface area contributed by atoms with Gasteiger partial charge in [0.25, 0.3) is 5.56 Å². The first-order valence-electron chi connectivity index (χ1n) is 8.41. The lowest BCUT2D eigenvalue weighted by Gasteiger charge is -2.32. The minimum atomic E-state index is -0.396. The number of anilines is 1. The first-order valence-corrected chi connectivity index (χ1v) is 8.41. The fraction of sp³-hybridized carbons (Fsp3) is 0.368. The summed E-state index contributed by atoms with van der Waals surface area (Å²) in [6.07, 6.45) is 1.63. The van der Waals surface area contributed by atoms with Crippen LogP contribution in [0.4, 0.5) is 5.69 Å². The number of hydrogen-bond acceptors (Lipinski definition) is 6. The van der Waals surface area contributed by atoms with E-state index in [1.54, 1.807) is 26.0 Å². The second-order valence-electron chi connectivity index (χ2n) is 6.31. The monoisotopic (exact) mass is 352 g/mol. The van der Waals surface area contributed by atoms with Crippen LogP contribution in [-0.4, -0.2) is 29.4 Å². The Morgan fingerprint density at radius 3 is 2.85 bits per heavy atom. The highest BCUT2D eigenvalue weighted by molar-refractivity contribution is 5.93. The second-order valence-corrected chi connectivity index (χ2v) is 6.31. The third-order valence-electron chi connectivity index (χ3n) is 4.81. The van der Waals surface area contributed by atoms with E-state index in [1.807, 2.05) is 17.0 Å². The molecule has 0 amide bonds. The molecule has 0 saturated carbocycles. The van der Waals surface area contributed by atoms with Crippen molar-refractivity contribution in [1.29, 1.82) is 5.26 Å². The van der Waals surface area contributed by atoms with Crippen molar-refractivity contribution in [3.8, 4) is 6.07 Å². The van der Waals surface area contributed by atoms with E-state index in [1.165, 1.54) is 11.8 Å². The first kappa shape index (κ1) is 17.7. The molecule has 0 N–H and O–H groups in total. The van der Waals surface area contributed by atoms with Gasteiger partial charge >= 0.3 is 5.97 Å². The van der Waals surface area contributed by atoms with Crippen molar-refractivity contribution >= 4 is 11.7 Å². The zero-order valence-electron chi connectivity index (χ0n) is 15.1. The summed E-state index contributed by atoms with van der Waals surface area (Å²) in [5.41, 5.74) is 3.35. The minimum absolute atomic E-state index is 0.123. The molecule has 0 saturated heterocycles. The Bertz CT molecular complexity index is 972. The van der Waals surface area contributed by atoms with Crippen LogP contribution in [0.1, 0.15) is 39.2 Å². The average Bonchev–Trinajstić information content (AvgIpc) is 2.65. The summed E-state index contributed by atoms with van der Waals surface area (Å²) >= 11 is 0. The van der Waals surface area contributed by atoms with E-state index in [0.717, 1.165) is 30.6 Å². The molecule has 0 spiro atoms. The molecule has 2 aromatic rings. The summed E-state index contributed by atoms with van der Waals surface area (Å²) in [5, 5.41) is 13.6. The van der Waals surface area contributed by atoms with Crippen LogP contribution in [0.15, 0.2) is 23.0 Å². The molecule has 1 aliphatic rings. The third-order valence-corrected chi connectivity index (χ3v) is 4.81. The van der Waals surface area contributed by atoms with Crippen molar-refractivity contribution in [2.24, 2.45) is 0 Å². The van der Waals surface area contributed by atoms with Gasteiger partial charge in [-0.3, -0.25) is 4.79 Å². The highest BCUT2D eigenvalue weighted by Crippen LogP contribution is 2.30. The molecule has 3 rings (SSSR count). The molecule has 134 valence electrons. The standard InChI is InChI=1S/C19H20N4O3/c1-12-13(2)21-23(18(24)16(12)10-20)11-22-9-5-7-14-15(19(25)26-3)6-4-8-17(14)22/h4,6,8H,5,7,9,11H2,1-3H3. The van der Waals surface area contributed by atoms with Gasteiger partial charge in [-0.05, 0) is 49.9 Å². The van der Waals surface area contributed by atoms with Crippen LogP contribution in [0.5, 0.6) is 0 Å². The molecule has 1 aromatic carbocycles. The van der Waals surface area contributed by atoms with E-state index in [0.29, 0.717) is 16.8 Å². The number of esters is 1. The van der Waals surface area contributed by atoms with E-state index in [-0.39, 0.29) is 18.2 Å². The molecule has 7 nitrogen and oxygen atoms in total. The number of benzene rings is 1. The molecule has 0 fully saturated rings. The number of nitrogens with zero attached hydrogens (tertiary/aromatic N) is 4. The Kier molecular flexibility index (Phi) is 4.76. The van der Waals surface area contributed by atoms with Gasteiger partial charge in [-0.2, -0.15) is 10.4 Å². The van der Waals surface area contributed by atoms with Gasteiger partial charge in [0.2, 0.25) is 0 Å². The van der Waals surface area contributed by atoms with Gasteiger partial charge in [0.05, 0.1) is 18.4 Å². The normalized spacial score (nSPS) is 13.1. The summed E-state index contributed by atoms with van der Waals surface area (Å²) in [7, 11) is 1.37. The van der Waals surface area contributed by atoms with Crippen LogP contribution in [0.25, 0.3) is 0 Å². The van der Waals surface area contributed by atoms with Gasteiger partial charge in [-0.25, -0.2) is 9.48 Å². The average molecular weight is 352 g/mol. The Morgan fingerprint density at radius 2 is 2.15 bits per heavy atom. The van der Waals surface area contributed by atoms with Gasteiger partial charge in [-0.1, -0.05) is 6.07 Å². The Hall–Kier alpha value is -3.14. The van der Waals surface area contributed by atoms with Crippen LogP contribution in [0.2, 0.25) is 0 Å². The highest BCUT2D eigenvalue weighted by Gasteiger charge is 2.23.